The first-order valence-corrected chi connectivity index (χ1v) is 10.6. The van der Waals surface area contributed by atoms with E-state index >= 15 is 0 Å². The number of pyridine rings is 1. The number of rotatable bonds is 7. The second-order valence-corrected chi connectivity index (χ2v) is 8.80. The summed E-state index contributed by atoms with van der Waals surface area (Å²) in [5, 5.41) is 0.572. The van der Waals surface area contributed by atoms with Crippen molar-refractivity contribution in [3.63, 3.8) is 0 Å². The van der Waals surface area contributed by atoms with Crippen molar-refractivity contribution in [2.45, 2.75) is 19.8 Å². The molecule has 0 aromatic carbocycles. The highest BCUT2D eigenvalue weighted by Gasteiger charge is 2.24. The van der Waals surface area contributed by atoms with Gasteiger partial charge in [0.2, 0.25) is 16.0 Å². The van der Waals surface area contributed by atoms with Gasteiger partial charge in [-0.3, -0.25) is 9.52 Å². The van der Waals surface area contributed by atoms with Gasteiger partial charge in [-0.1, -0.05) is 0 Å². The Morgan fingerprint density at radius 3 is 2.89 bits per heavy atom. The summed E-state index contributed by atoms with van der Waals surface area (Å²) in [7, 11) is -1.92. The molecule has 0 amide bonds. The number of aryl methyl sites for hydroxylation is 1. The lowest BCUT2D eigenvalue weighted by molar-refractivity contribution is 0.299. The number of anilines is 1. The maximum atomic E-state index is 12.3. The Morgan fingerprint density at radius 2 is 2.18 bits per heavy atom. The smallest absolute Gasteiger partial charge is 0.293 e. The summed E-state index contributed by atoms with van der Waals surface area (Å²) in [6.07, 6.45) is 6.76. The number of sulfonamides is 1. The van der Waals surface area contributed by atoms with Gasteiger partial charge < -0.3 is 13.7 Å². The highest BCUT2D eigenvalue weighted by molar-refractivity contribution is 7.92. The quantitative estimate of drug-likeness (QED) is 0.641. The third-order valence-electron chi connectivity index (χ3n) is 4.60. The van der Waals surface area contributed by atoms with Gasteiger partial charge in [0.25, 0.3) is 5.56 Å². The van der Waals surface area contributed by atoms with Crippen LogP contribution in [0, 0.1) is 5.92 Å². The van der Waals surface area contributed by atoms with Crippen LogP contribution in [0.4, 0.5) is 5.95 Å². The third kappa shape index (κ3) is 3.59. The molecule has 4 rings (SSSR count). The van der Waals surface area contributed by atoms with E-state index in [1.807, 2.05) is 0 Å². The molecule has 0 unspecified atom stereocenters. The molecular weight excluding hydrogens is 384 g/mol. The lowest BCUT2D eigenvalue weighted by Gasteiger charge is -2.13. The lowest BCUT2D eigenvalue weighted by atomic mass is 10.1. The molecule has 0 radical (unpaired) electrons. The van der Waals surface area contributed by atoms with Gasteiger partial charge in [0, 0.05) is 24.2 Å². The van der Waals surface area contributed by atoms with E-state index < -0.39 is 10.0 Å². The van der Waals surface area contributed by atoms with Gasteiger partial charge in [0.1, 0.15) is 5.69 Å². The van der Waals surface area contributed by atoms with Crippen LogP contribution in [0.5, 0.6) is 5.75 Å². The summed E-state index contributed by atoms with van der Waals surface area (Å²) in [6, 6.07) is 1.68. The normalized spacial score (nSPS) is 14.4. The van der Waals surface area contributed by atoms with Crippen molar-refractivity contribution in [2.75, 3.05) is 17.1 Å². The molecule has 0 saturated heterocycles. The second kappa shape index (κ2) is 6.93. The number of fused-ring (bicyclic) bond motifs is 1. The molecule has 3 aromatic heterocycles. The molecule has 3 aromatic rings. The number of aromatic nitrogens is 3. The summed E-state index contributed by atoms with van der Waals surface area (Å²) in [5.41, 5.74) is 0.912. The fourth-order valence-electron chi connectivity index (χ4n) is 2.78. The molecule has 28 heavy (non-hydrogen) atoms. The number of nitrogens with one attached hydrogen (secondary N) is 1. The Morgan fingerprint density at radius 1 is 1.39 bits per heavy atom. The van der Waals surface area contributed by atoms with E-state index in [9.17, 15) is 13.2 Å². The van der Waals surface area contributed by atoms with Crippen LogP contribution in [0.1, 0.15) is 19.8 Å². The molecule has 0 bridgehead atoms. The Bertz CT molecular complexity index is 1190. The van der Waals surface area contributed by atoms with Gasteiger partial charge in [-0.2, -0.15) is 0 Å². The van der Waals surface area contributed by atoms with Crippen LogP contribution < -0.4 is 15.0 Å². The monoisotopic (exact) mass is 404 g/mol. The molecule has 1 saturated carbocycles. The minimum Gasteiger partial charge on any atom is -0.489 e. The lowest BCUT2D eigenvalue weighted by Crippen LogP contribution is -2.18. The van der Waals surface area contributed by atoms with Crippen molar-refractivity contribution < 1.29 is 17.6 Å². The summed E-state index contributed by atoms with van der Waals surface area (Å²) in [6.45, 7) is 2.06. The van der Waals surface area contributed by atoms with Crippen molar-refractivity contribution in [3.05, 3.63) is 35.1 Å². The van der Waals surface area contributed by atoms with Gasteiger partial charge in [0.05, 0.1) is 24.8 Å². The molecule has 1 fully saturated rings. The minimum atomic E-state index is -3.54. The van der Waals surface area contributed by atoms with Crippen LogP contribution in [0.3, 0.4) is 0 Å². The molecule has 1 N–H and O–H groups in total. The zero-order valence-corrected chi connectivity index (χ0v) is 16.3. The van der Waals surface area contributed by atoms with Crippen molar-refractivity contribution in [1.29, 1.82) is 0 Å². The second-order valence-electron chi connectivity index (χ2n) is 6.79. The first kappa shape index (κ1) is 18.5. The topological polar surface area (TPSA) is 116 Å². The molecule has 0 aliphatic heterocycles. The largest absolute Gasteiger partial charge is 0.489 e. The maximum absolute atomic E-state index is 12.3. The van der Waals surface area contributed by atoms with Gasteiger partial charge in [-0.15, -0.1) is 0 Å². The molecule has 10 heteroatoms. The van der Waals surface area contributed by atoms with Gasteiger partial charge in [-0.25, -0.2) is 18.4 Å². The standard InChI is InChI=1S/C18H20N4O5S/c1-3-28(24,25)21-18-19-8-14(27-10-11-4-5-11)15(20-18)13-9-22(2)17(23)16-12(13)6-7-26-16/h6-9,11H,3-5,10H2,1-2H3,(H,19,20,21). The van der Waals surface area contributed by atoms with E-state index in [0.29, 0.717) is 34.9 Å². The molecule has 3 heterocycles. The predicted octanol–water partition coefficient (Wildman–Crippen LogP) is 2.14. The highest BCUT2D eigenvalue weighted by atomic mass is 32.2. The van der Waals surface area contributed by atoms with Crippen molar-refractivity contribution >= 4 is 26.9 Å². The number of hydrogen-bond acceptors (Lipinski definition) is 7. The zero-order chi connectivity index (χ0) is 19.9. The number of hydrogen-bond donors (Lipinski definition) is 1. The third-order valence-corrected chi connectivity index (χ3v) is 5.85. The molecule has 1 aliphatic carbocycles. The van der Waals surface area contributed by atoms with Crippen LogP contribution in [-0.2, 0) is 17.1 Å². The summed E-state index contributed by atoms with van der Waals surface area (Å²) in [4.78, 5) is 20.8. The molecule has 9 nitrogen and oxygen atoms in total. The van der Waals surface area contributed by atoms with Crippen molar-refractivity contribution in [2.24, 2.45) is 13.0 Å². The Labute approximate surface area is 161 Å². The van der Waals surface area contributed by atoms with Crippen LogP contribution in [-0.4, -0.2) is 35.3 Å². The van der Waals surface area contributed by atoms with Crippen LogP contribution in [0.25, 0.3) is 22.2 Å². The Hall–Kier alpha value is -2.88. The Kier molecular flexibility index (Phi) is 4.58. The van der Waals surface area contributed by atoms with Crippen LogP contribution in [0.2, 0.25) is 0 Å². The van der Waals surface area contributed by atoms with Crippen LogP contribution >= 0.6 is 0 Å². The fraction of sp³-hybridized carbons (Fsp3) is 0.389. The average molecular weight is 404 g/mol. The predicted molar refractivity (Wildman–Crippen MR) is 104 cm³/mol. The highest BCUT2D eigenvalue weighted by Crippen LogP contribution is 2.35. The van der Waals surface area contributed by atoms with E-state index in [0.717, 1.165) is 12.8 Å². The first-order valence-electron chi connectivity index (χ1n) is 8.95. The van der Waals surface area contributed by atoms with Crippen molar-refractivity contribution in [3.8, 4) is 17.0 Å². The van der Waals surface area contributed by atoms with Gasteiger partial charge >= 0.3 is 0 Å². The molecule has 148 valence electrons. The summed E-state index contributed by atoms with van der Waals surface area (Å²) >= 11 is 0. The SMILES string of the molecule is CCS(=O)(=O)Nc1ncc(OCC2CC2)c(-c2cn(C)c(=O)c3occc23)n1. The van der Waals surface area contributed by atoms with Gasteiger partial charge in [0.15, 0.2) is 11.3 Å². The zero-order valence-electron chi connectivity index (χ0n) is 15.5. The molecular formula is C18H20N4O5S. The van der Waals surface area contributed by atoms with Crippen LogP contribution in [0.15, 0.2) is 33.9 Å². The fourth-order valence-corrected chi connectivity index (χ4v) is 3.30. The van der Waals surface area contributed by atoms with E-state index in [2.05, 4.69) is 14.7 Å². The van der Waals surface area contributed by atoms with Gasteiger partial charge in [-0.05, 0) is 31.7 Å². The number of ether oxygens (including phenoxy) is 1. The van der Waals surface area contributed by atoms with Crippen molar-refractivity contribution in [1.82, 2.24) is 14.5 Å². The van der Waals surface area contributed by atoms with E-state index in [1.54, 1.807) is 19.3 Å². The van der Waals surface area contributed by atoms with E-state index in [4.69, 9.17) is 9.15 Å². The average Bonchev–Trinajstić information content (AvgIpc) is 3.37. The first-order chi connectivity index (χ1) is 13.4. The summed E-state index contributed by atoms with van der Waals surface area (Å²) < 4.78 is 38.8. The summed E-state index contributed by atoms with van der Waals surface area (Å²) in [5.74, 6) is 0.783. The molecule has 0 atom stereocenters. The van der Waals surface area contributed by atoms with E-state index in [-0.39, 0.29) is 22.8 Å². The number of furan rings is 1. The number of nitrogens with zero attached hydrogens (tertiary/aromatic N) is 3. The maximum Gasteiger partial charge on any atom is 0.293 e. The molecule has 1 aliphatic rings. The Balaban J connectivity index is 1.86. The van der Waals surface area contributed by atoms with E-state index in [1.165, 1.54) is 24.0 Å². The molecule has 0 spiro atoms. The minimum absolute atomic E-state index is 0.0545.